The summed E-state index contributed by atoms with van der Waals surface area (Å²) >= 11 is 0. The van der Waals surface area contributed by atoms with Crippen molar-refractivity contribution in [2.24, 2.45) is 0 Å². The maximum Gasteiger partial charge on any atom is 0.276 e. The predicted molar refractivity (Wildman–Crippen MR) is 76.8 cm³/mol. The summed E-state index contributed by atoms with van der Waals surface area (Å²) < 4.78 is 21.7. The second-order valence-corrected chi connectivity index (χ2v) is 5.88. The predicted octanol–water partition coefficient (Wildman–Crippen LogP) is 1.05. The lowest BCUT2D eigenvalue weighted by Crippen LogP contribution is -2.57. The Kier molecular flexibility index (Phi) is 4.46. The van der Waals surface area contributed by atoms with Gasteiger partial charge in [0.05, 0.1) is 19.3 Å². The fourth-order valence-corrected chi connectivity index (χ4v) is 2.87. The molecule has 0 aromatic carbocycles. The molecule has 122 valence electrons. The van der Waals surface area contributed by atoms with Crippen molar-refractivity contribution in [2.45, 2.75) is 37.0 Å². The summed E-state index contributed by atoms with van der Waals surface area (Å²) in [5.74, 6) is 1.04. The SMILES string of the molecule is CO[C@H]1[C@H](N(C)C(=O)c2cc(C3CC3)on2)COC[C@H]1OC. The van der Waals surface area contributed by atoms with E-state index in [9.17, 15) is 4.79 Å². The third kappa shape index (κ3) is 2.88. The quantitative estimate of drug-likeness (QED) is 0.809. The van der Waals surface area contributed by atoms with E-state index in [0.29, 0.717) is 24.8 Å². The monoisotopic (exact) mass is 310 g/mol. The average molecular weight is 310 g/mol. The largest absolute Gasteiger partial charge is 0.376 e. The Bertz CT molecular complexity index is 528. The molecule has 1 aliphatic heterocycles. The van der Waals surface area contributed by atoms with E-state index in [1.807, 2.05) is 0 Å². The first kappa shape index (κ1) is 15.5. The van der Waals surface area contributed by atoms with Gasteiger partial charge in [0.15, 0.2) is 5.69 Å². The third-order valence-corrected chi connectivity index (χ3v) is 4.44. The Morgan fingerprint density at radius 2 is 2.09 bits per heavy atom. The molecule has 1 aliphatic carbocycles. The summed E-state index contributed by atoms with van der Waals surface area (Å²) in [6.45, 7) is 0.872. The summed E-state index contributed by atoms with van der Waals surface area (Å²) in [6.07, 6.45) is 1.79. The molecule has 0 radical (unpaired) electrons. The van der Waals surface area contributed by atoms with Crippen LogP contribution in [0.25, 0.3) is 0 Å². The molecule has 2 fully saturated rings. The second kappa shape index (κ2) is 6.36. The van der Waals surface area contributed by atoms with Crippen LogP contribution in [-0.4, -0.2) is 68.7 Å². The van der Waals surface area contributed by atoms with Gasteiger partial charge in [-0.05, 0) is 12.8 Å². The van der Waals surface area contributed by atoms with E-state index in [0.717, 1.165) is 18.6 Å². The van der Waals surface area contributed by atoms with Gasteiger partial charge in [-0.2, -0.15) is 0 Å². The molecule has 2 heterocycles. The second-order valence-electron chi connectivity index (χ2n) is 5.88. The van der Waals surface area contributed by atoms with E-state index in [2.05, 4.69) is 5.16 Å². The highest BCUT2D eigenvalue weighted by Gasteiger charge is 2.39. The number of methoxy groups -OCH3 is 2. The van der Waals surface area contributed by atoms with Crippen LogP contribution in [0.3, 0.4) is 0 Å². The highest BCUT2D eigenvalue weighted by molar-refractivity contribution is 5.92. The van der Waals surface area contributed by atoms with Crippen LogP contribution in [-0.2, 0) is 14.2 Å². The van der Waals surface area contributed by atoms with Crippen molar-refractivity contribution >= 4 is 5.91 Å². The van der Waals surface area contributed by atoms with Crippen LogP contribution in [0.15, 0.2) is 10.6 Å². The Labute approximate surface area is 129 Å². The van der Waals surface area contributed by atoms with Gasteiger partial charge < -0.3 is 23.6 Å². The number of carbonyl (C=O) groups excluding carboxylic acids is 1. The maximum absolute atomic E-state index is 12.6. The minimum Gasteiger partial charge on any atom is -0.376 e. The van der Waals surface area contributed by atoms with Gasteiger partial charge in [-0.25, -0.2) is 0 Å². The lowest BCUT2D eigenvalue weighted by molar-refractivity contribution is -0.147. The van der Waals surface area contributed by atoms with Crippen LogP contribution in [0, 0.1) is 0 Å². The normalized spacial score (nSPS) is 28.6. The highest BCUT2D eigenvalue weighted by Crippen LogP contribution is 2.40. The lowest BCUT2D eigenvalue weighted by atomic mass is 10.0. The minimum atomic E-state index is -0.234. The van der Waals surface area contributed by atoms with E-state index >= 15 is 0 Å². The van der Waals surface area contributed by atoms with Crippen molar-refractivity contribution in [3.05, 3.63) is 17.5 Å². The van der Waals surface area contributed by atoms with Gasteiger partial charge in [-0.1, -0.05) is 5.16 Å². The average Bonchev–Trinajstić information content (AvgIpc) is 3.29. The van der Waals surface area contributed by atoms with Crippen molar-refractivity contribution in [3.8, 4) is 0 Å². The lowest BCUT2D eigenvalue weighted by Gasteiger charge is -2.40. The molecule has 22 heavy (non-hydrogen) atoms. The fraction of sp³-hybridized carbons (Fsp3) is 0.733. The first-order chi connectivity index (χ1) is 10.7. The molecule has 0 N–H and O–H groups in total. The number of ether oxygens (including phenoxy) is 3. The number of carbonyl (C=O) groups is 1. The first-order valence-electron chi connectivity index (χ1n) is 7.52. The van der Waals surface area contributed by atoms with E-state index in [4.69, 9.17) is 18.7 Å². The van der Waals surface area contributed by atoms with Crippen LogP contribution in [0.2, 0.25) is 0 Å². The van der Waals surface area contributed by atoms with Crippen molar-refractivity contribution in [2.75, 3.05) is 34.5 Å². The fourth-order valence-electron chi connectivity index (χ4n) is 2.87. The molecule has 7 nitrogen and oxygen atoms in total. The van der Waals surface area contributed by atoms with Crippen LogP contribution in [0.1, 0.15) is 35.0 Å². The highest BCUT2D eigenvalue weighted by atomic mass is 16.6. The number of nitrogens with zero attached hydrogens (tertiary/aromatic N) is 2. The van der Waals surface area contributed by atoms with E-state index < -0.39 is 0 Å². The molecule has 1 amide bonds. The Morgan fingerprint density at radius 3 is 2.73 bits per heavy atom. The standard InChI is InChI=1S/C15H22N2O5/c1-17(11-7-21-8-13(19-2)14(11)20-3)15(18)10-6-12(22-16-10)9-4-5-9/h6,9,11,13-14H,4-5,7-8H2,1-3H3/t11-,13-,14+/m1/s1. The van der Waals surface area contributed by atoms with Gasteiger partial charge in [-0.3, -0.25) is 4.79 Å². The van der Waals surface area contributed by atoms with Crippen molar-refractivity contribution < 1.29 is 23.5 Å². The van der Waals surface area contributed by atoms with Crippen molar-refractivity contribution in [1.82, 2.24) is 10.1 Å². The van der Waals surface area contributed by atoms with Gasteiger partial charge in [0.1, 0.15) is 18.0 Å². The molecule has 1 saturated heterocycles. The minimum absolute atomic E-state index is 0.192. The maximum atomic E-state index is 12.6. The zero-order chi connectivity index (χ0) is 15.7. The van der Waals surface area contributed by atoms with Gasteiger partial charge in [-0.15, -0.1) is 0 Å². The Balaban J connectivity index is 1.72. The van der Waals surface area contributed by atoms with E-state index in [1.54, 1.807) is 32.2 Å². The molecule has 3 rings (SSSR count). The number of hydrogen-bond acceptors (Lipinski definition) is 6. The number of rotatable bonds is 5. The molecule has 3 atom stereocenters. The number of aromatic nitrogens is 1. The molecular weight excluding hydrogens is 288 g/mol. The van der Waals surface area contributed by atoms with E-state index in [-0.39, 0.29) is 24.2 Å². The topological polar surface area (TPSA) is 74.0 Å². The third-order valence-electron chi connectivity index (χ3n) is 4.44. The van der Waals surface area contributed by atoms with Crippen LogP contribution in [0.4, 0.5) is 0 Å². The van der Waals surface area contributed by atoms with Crippen molar-refractivity contribution in [1.29, 1.82) is 0 Å². The zero-order valence-electron chi connectivity index (χ0n) is 13.2. The molecule has 1 aromatic heterocycles. The number of amides is 1. The number of hydrogen-bond donors (Lipinski definition) is 0. The molecular formula is C15H22N2O5. The van der Waals surface area contributed by atoms with Gasteiger partial charge in [0, 0.05) is 33.3 Å². The summed E-state index contributed by atoms with van der Waals surface area (Å²) in [5, 5.41) is 3.90. The molecule has 0 bridgehead atoms. The molecule has 1 saturated carbocycles. The molecule has 2 aliphatic rings. The summed E-state index contributed by atoms with van der Waals surface area (Å²) in [6, 6.07) is 1.52. The molecule has 0 spiro atoms. The van der Waals surface area contributed by atoms with Crippen LogP contribution < -0.4 is 0 Å². The van der Waals surface area contributed by atoms with E-state index in [1.165, 1.54) is 0 Å². The Morgan fingerprint density at radius 1 is 1.32 bits per heavy atom. The van der Waals surface area contributed by atoms with Gasteiger partial charge in [0.25, 0.3) is 5.91 Å². The molecule has 0 unspecified atom stereocenters. The summed E-state index contributed by atoms with van der Waals surface area (Å²) in [7, 11) is 4.96. The zero-order valence-corrected chi connectivity index (χ0v) is 13.2. The van der Waals surface area contributed by atoms with Crippen molar-refractivity contribution in [3.63, 3.8) is 0 Å². The smallest absolute Gasteiger partial charge is 0.276 e. The first-order valence-corrected chi connectivity index (χ1v) is 7.52. The Hall–Kier alpha value is -1.44. The summed E-state index contributed by atoms with van der Waals surface area (Å²) in [5.41, 5.74) is 0.332. The molecule has 7 heteroatoms. The van der Waals surface area contributed by atoms with Gasteiger partial charge >= 0.3 is 0 Å². The number of likely N-dealkylation sites (N-methyl/N-ethyl adjacent to an activating group) is 1. The summed E-state index contributed by atoms with van der Waals surface area (Å²) in [4.78, 5) is 14.2. The van der Waals surface area contributed by atoms with Crippen LogP contribution >= 0.6 is 0 Å². The van der Waals surface area contributed by atoms with Crippen LogP contribution in [0.5, 0.6) is 0 Å². The molecule has 1 aromatic rings. The van der Waals surface area contributed by atoms with Gasteiger partial charge in [0.2, 0.25) is 0 Å².